The van der Waals surface area contributed by atoms with Crippen LogP contribution >= 0.6 is 15.9 Å². The van der Waals surface area contributed by atoms with Crippen LogP contribution in [0.25, 0.3) is 0 Å². The zero-order valence-corrected chi connectivity index (χ0v) is 12.4. The Hall–Kier alpha value is -1.05. The van der Waals surface area contributed by atoms with E-state index >= 15 is 0 Å². The molecule has 4 heteroatoms. The third-order valence-electron chi connectivity index (χ3n) is 3.94. The molecule has 1 saturated carbocycles. The van der Waals surface area contributed by atoms with Gasteiger partial charge in [-0.15, -0.1) is 0 Å². The summed E-state index contributed by atoms with van der Waals surface area (Å²) >= 11 is 3.51. The molecular formula is C14H18BrN3. The summed E-state index contributed by atoms with van der Waals surface area (Å²) in [5.74, 6) is 0. The van der Waals surface area contributed by atoms with Crippen molar-refractivity contribution >= 4 is 21.6 Å². The molecule has 0 aromatic heterocycles. The molecule has 0 bridgehead atoms. The van der Waals surface area contributed by atoms with E-state index in [0.29, 0.717) is 11.1 Å². The zero-order chi connectivity index (χ0) is 13.2. The van der Waals surface area contributed by atoms with Crippen molar-refractivity contribution in [3.05, 3.63) is 28.2 Å². The van der Waals surface area contributed by atoms with Gasteiger partial charge in [0, 0.05) is 22.2 Å². The lowest BCUT2D eigenvalue weighted by molar-refractivity contribution is 0.0739. The van der Waals surface area contributed by atoms with Crippen LogP contribution in [0, 0.1) is 11.3 Å². The van der Waals surface area contributed by atoms with E-state index in [-0.39, 0.29) is 0 Å². The maximum absolute atomic E-state index is 8.83. The van der Waals surface area contributed by atoms with Gasteiger partial charge in [-0.2, -0.15) is 5.26 Å². The molecule has 0 spiro atoms. The Kier molecular flexibility index (Phi) is 3.94. The van der Waals surface area contributed by atoms with Gasteiger partial charge >= 0.3 is 0 Å². The summed E-state index contributed by atoms with van der Waals surface area (Å²) in [6, 6.07) is 7.80. The molecule has 0 saturated heterocycles. The summed E-state index contributed by atoms with van der Waals surface area (Å²) in [5, 5.41) is 12.3. The first-order valence-corrected chi connectivity index (χ1v) is 6.98. The lowest BCUT2D eigenvalue weighted by atomic mass is 9.75. The topological polar surface area (TPSA) is 39.1 Å². The Bertz CT molecular complexity index is 472. The molecule has 0 amide bonds. The van der Waals surface area contributed by atoms with Gasteiger partial charge in [0.2, 0.25) is 0 Å². The Morgan fingerprint density at radius 2 is 2.17 bits per heavy atom. The molecule has 0 atom stereocenters. The van der Waals surface area contributed by atoms with E-state index in [1.54, 1.807) is 0 Å². The predicted molar refractivity (Wildman–Crippen MR) is 77.6 cm³/mol. The molecule has 1 aliphatic rings. The predicted octanol–water partition coefficient (Wildman–Crippen LogP) is 3.22. The third kappa shape index (κ3) is 2.52. The van der Waals surface area contributed by atoms with Crippen LogP contribution in [0.15, 0.2) is 22.7 Å². The van der Waals surface area contributed by atoms with Crippen LogP contribution in [0.2, 0.25) is 0 Å². The van der Waals surface area contributed by atoms with Crippen molar-refractivity contribution in [1.29, 1.82) is 5.26 Å². The van der Waals surface area contributed by atoms with E-state index in [4.69, 9.17) is 5.26 Å². The molecule has 3 nitrogen and oxygen atoms in total. The van der Waals surface area contributed by atoms with Gasteiger partial charge in [-0.05, 0) is 67.5 Å². The minimum atomic E-state index is 0.299. The second kappa shape index (κ2) is 5.29. The van der Waals surface area contributed by atoms with Crippen LogP contribution in [0.4, 0.5) is 5.69 Å². The minimum absolute atomic E-state index is 0.299. The minimum Gasteiger partial charge on any atom is -0.382 e. The number of anilines is 1. The molecule has 18 heavy (non-hydrogen) atoms. The van der Waals surface area contributed by atoms with E-state index in [1.807, 2.05) is 18.2 Å². The van der Waals surface area contributed by atoms with E-state index in [0.717, 1.165) is 16.7 Å². The van der Waals surface area contributed by atoms with Crippen molar-refractivity contribution in [1.82, 2.24) is 4.90 Å². The average molecular weight is 308 g/mol. The molecule has 0 unspecified atom stereocenters. The maximum atomic E-state index is 8.83. The Balaban J connectivity index is 2.04. The highest BCUT2D eigenvalue weighted by Gasteiger charge is 2.38. The number of hydrogen-bond acceptors (Lipinski definition) is 3. The molecule has 2 rings (SSSR count). The Morgan fingerprint density at radius 1 is 1.44 bits per heavy atom. The summed E-state index contributed by atoms with van der Waals surface area (Å²) in [4.78, 5) is 2.32. The Labute approximate surface area is 117 Å². The summed E-state index contributed by atoms with van der Waals surface area (Å²) < 4.78 is 0.953. The fraction of sp³-hybridized carbons (Fsp3) is 0.500. The summed E-state index contributed by atoms with van der Waals surface area (Å²) in [6.07, 6.45) is 3.82. The van der Waals surface area contributed by atoms with E-state index in [9.17, 15) is 0 Å². The van der Waals surface area contributed by atoms with Gasteiger partial charge in [0.15, 0.2) is 0 Å². The van der Waals surface area contributed by atoms with Crippen molar-refractivity contribution in [3.8, 4) is 6.07 Å². The molecule has 0 aliphatic heterocycles. The largest absolute Gasteiger partial charge is 0.382 e. The fourth-order valence-electron chi connectivity index (χ4n) is 2.35. The number of halogens is 1. The smallest absolute Gasteiger partial charge is 0.0992 e. The number of nitrogens with one attached hydrogen (secondary N) is 1. The quantitative estimate of drug-likeness (QED) is 0.928. The lowest BCUT2D eigenvalue weighted by Gasteiger charge is -2.47. The fourth-order valence-corrected chi connectivity index (χ4v) is 2.87. The molecule has 1 aromatic carbocycles. The van der Waals surface area contributed by atoms with Crippen LogP contribution in [0.1, 0.15) is 24.8 Å². The molecule has 1 aromatic rings. The van der Waals surface area contributed by atoms with Gasteiger partial charge in [-0.3, -0.25) is 0 Å². The average Bonchev–Trinajstić information content (AvgIpc) is 2.28. The number of nitrogens with zero attached hydrogens (tertiary/aromatic N) is 2. The molecule has 1 aliphatic carbocycles. The van der Waals surface area contributed by atoms with Crippen LogP contribution in [-0.4, -0.2) is 31.1 Å². The van der Waals surface area contributed by atoms with Gasteiger partial charge in [0.05, 0.1) is 11.6 Å². The second-order valence-electron chi connectivity index (χ2n) is 5.13. The van der Waals surface area contributed by atoms with Crippen molar-refractivity contribution in [2.75, 3.05) is 26.0 Å². The molecule has 0 heterocycles. The molecule has 96 valence electrons. The van der Waals surface area contributed by atoms with Gasteiger partial charge in [-0.25, -0.2) is 0 Å². The number of hydrogen-bond donors (Lipinski definition) is 1. The first-order chi connectivity index (χ1) is 8.57. The normalized spacial score (nSPS) is 17.1. The van der Waals surface area contributed by atoms with Crippen LogP contribution < -0.4 is 5.32 Å². The number of benzene rings is 1. The van der Waals surface area contributed by atoms with Crippen molar-refractivity contribution in [2.24, 2.45) is 0 Å². The standard InChI is InChI=1S/C14H18BrN3/c1-18(2)14(6-3-7-14)10-17-13-5-4-11(9-16)8-12(13)15/h4-5,8,17H,3,6-7,10H2,1-2H3. The molecule has 0 radical (unpaired) electrons. The van der Waals surface area contributed by atoms with Crippen LogP contribution in [0.3, 0.4) is 0 Å². The summed E-state index contributed by atoms with van der Waals surface area (Å²) in [6.45, 7) is 0.949. The first kappa shape index (κ1) is 13.4. The monoisotopic (exact) mass is 307 g/mol. The first-order valence-electron chi connectivity index (χ1n) is 6.18. The number of likely N-dealkylation sites (N-methyl/N-ethyl adjacent to an activating group) is 1. The number of rotatable bonds is 4. The second-order valence-corrected chi connectivity index (χ2v) is 5.99. The van der Waals surface area contributed by atoms with Crippen LogP contribution in [-0.2, 0) is 0 Å². The van der Waals surface area contributed by atoms with Gasteiger partial charge in [0.25, 0.3) is 0 Å². The van der Waals surface area contributed by atoms with Gasteiger partial charge in [-0.1, -0.05) is 0 Å². The van der Waals surface area contributed by atoms with Crippen molar-refractivity contribution in [2.45, 2.75) is 24.8 Å². The maximum Gasteiger partial charge on any atom is 0.0992 e. The van der Waals surface area contributed by atoms with E-state index < -0.39 is 0 Å². The third-order valence-corrected chi connectivity index (χ3v) is 4.60. The van der Waals surface area contributed by atoms with Gasteiger partial charge in [0.1, 0.15) is 0 Å². The van der Waals surface area contributed by atoms with E-state index in [2.05, 4.69) is 46.3 Å². The van der Waals surface area contributed by atoms with Gasteiger partial charge < -0.3 is 10.2 Å². The number of nitriles is 1. The van der Waals surface area contributed by atoms with Crippen molar-refractivity contribution < 1.29 is 0 Å². The van der Waals surface area contributed by atoms with Crippen LogP contribution in [0.5, 0.6) is 0 Å². The highest BCUT2D eigenvalue weighted by atomic mass is 79.9. The molecular weight excluding hydrogens is 290 g/mol. The zero-order valence-electron chi connectivity index (χ0n) is 10.8. The SMILES string of the molecule is CN(C)C1(CNc2ccc(C#N)cc2Br)CCC1. The summed E-state index contributed by atoms with van der Waals surface area (Å²) in [7, 11) is 4.29. The van der Waals surface area contributed by atoms with E-state index in [1.165, 1.54) is 19.3 Å². The lowest BCUT2D eigenvalue weighted by Crippen LogP contribution is -2.54. The Morgan fingerprint density at radius 3 is 2.61 bits per heavy atom. The highest BCUT2D eigenvalue weighted by molar-refractivity contribution is 9.10. The van der Waals surface area contributed by atoms with Crippen molar-refractivity contribution in [3.63, 3.8) is 0 Å². The summed E-state index contributed by atoms with van der Waals surface area (Å²) in [5.41, 5.74) is 2.04. The highest BCUT2D eigenvalue weighted by Crippen LogP contribution is 2.36. The molecule has 1 fully saturated rings. The molecule has 1 N–H and O–H groups in total.